The highest BCUT2D eigenvalue weighted by molar-refractivity contribution is 6.42. The summed E-state index contributed by atoms with van der Waals surface area (Å²) in [5.74, 6) is -0.117. The van der Waals surface area contributed by atoms with E-state index in [9.17, 15) is 9.59 Å². The molecule has 3 heterocycles. The first-order valence-electron chi connectivity index (χ1n) is 9.51. The number of amides is 2. The summed E-state index contributed by atoms with van der Waals surface area (Å²) in [5, 5.41) is 4.95. The molecule has 0 spiro atoms. The van der Waals surface area contributed by atoms with Gasteiger partial charge in [0.1, 0.15) is 11.8 Å². The lowest BCUT2D eigenvalue weighted by atomic mass is 9.90. The van der Waals surface area contributed by atoms with Crippen molar-refractivity contribution in [2.24, 2.45) is 5.92 Å². The highest BCUT2D eigenvalue weighted by Crippen LogP contribution is 2.49. The summed E-state index contributed by atoms with van der Waals surface area (Å²) in [6, 6.07) is 11.9. The third-order valence-electron chi connectivity index (χ3n) is 6.02. The second-order valence-electron chi connectivity index (χ2n) is 7.48. The lowest BCUT2D eigenvalue weighted by molar-refractivity contribution is -0.126. The largest absolute Gasteiger partial charge is 0.497 e. The number of ether oxygens (including phenoxy) is 1. The van der Waals surface area contributed by atoms with Crippen LogP contribution in [0.3, 0.4) is 0 Å². The van der Waals surface area contributed by atoms with Crippen LogP contribution in [0.25, 0.3) is 0 Å². The number of hydrogen-bond acceptors (Lipinski definition) is 5. The van der Waals surface area contributed by atoms with Crippen molar-refractivity contribution < 1.29 is 14.3 Å². The first-order chi connectivity index (χ1) is 14.0. The summed E-state index contributed by atoms with van der Waals surface area (Å²) in [4.78, 5) is 28.1. The van der Waals surface area contributed by atoms with Gasteiger partial charge in [-0.2, -0.15) is 0 Å². The quantitative estimate of drug-likeness (QED) is 0.695. The van der Waals surface area contributed by atoms with E-state index in [0.717, 1.165) is 30.8 Å². The van der Waals surface area contributed by atoms with Crippen LogP contribution in [0.4, 0.5) is 5.69 Å². The molecular formula is C21H19Cl2N3O3. The Morgan fingerprint density at radius 2 is 1.59 bits per heavy atom. The zero-order valence-corrected chi connectivity index (χ0v) is 17.2. The van der Waals surface area contributed by atoms with E-state index >= 15 is 0 Å². The predicted molar refractivity (Wildman–Crippen MR) is 110 cm³/mol. The van der Waals surface area contributed by atoms with E-state index in [1.807, 2.05) is 24.3 Å². The zero-order valence-electron chi connectivity index (χ0n) is 15.7. The van der Waals surface area contributed by atoms with Crippen molar-refractivity contribution in [3.8, 4) is 5.75 Å². The van der Waals surface area contributed by atoms with Crippen LogP contribution in [0.1, 0.15) is 18.0 Å². The SMILES string of the molecule is COc1ccc([C@@H]2[C@H]3C(=O)N(c4ccc(Cl)c(Cl)c4)C(=O)[C@@H]3N3CCCN23)cc1. The van der Waals surface area contributed by atoms with Gasteiger partial charge in [-0.25, -0.2) is 14.9 Å². The number of imide groups is 1. The maximum Gasteiger partial charge on any atom is 0.253 e. The number of anilines is 1. The van der Waals surface area contributed by atoms with Gasteiger partial charge in [-0.15, -0.1) is 0 Å². The normalized spacial score (nSPS) is 26.9. The Morgan fingerprint density at radius 3 is 2.24 bits per heavy atom. The molecular weight excluding hydrogens is 413 g/mol. The van der Waals surface area contributed by atoms with E-state index in [0.29, 0.717) is 15.7 Å². The van der Waals surface area contributed by atoms with Gasteiger partial charge in [0.15, 0.2) is 0 Å². The van der Waals surface area contributed by atoms with Crippen LogP contribution >= 0.6 is 23.2 Å². The second kappa shape index (κ2) is 6.99. The molecule has 2 aromatic carbocycles. The van der Waals surface area contributed by atoms with Crippen LogP contribution in [-0.2, 0) is 9.59 Å². The van der Waals surface area contributed by atoms with Crippen molar-refractivity contribution in [2.75, 3.05) is 25.1 Å². The number of benzene rings is 2. The molecule has 3 fully saturated rings. The number of fused-ring (bicyclic) bond motifs is 3. The molecule has 2 aromatic rings. The molecule has 0 aromatic heterocycles. The molecule has 3 aliphatic rings. The third kappa shape index (κ3) is 2.78. The molecule has 29 heavy (non-hydrogen) atoms. The van der Waals surface area contributed by atoms with Gasteiger partial charge in [0.05, 0.1) is 34.8 Å². The Morgan fingerprint density at radius 1 is 0.897 bits per heavy atom. The summed E-state index contributed by atoms with van der Waals surface area (Å²) in [7, 11) is 1.62. The Kier molecular flexibility index (Phi) is 4.55. The van der Waals surface area contributed by atoms with Crippen molar-refractivity contribution in [3.05, 3.63) is 58.1 Å². The van der Waals surface area contributed by atoms with Crippen LogP contribution in [0, 0.1) is 5.92 Å². The molecule has 0 aliphatic carbocycles. The van der Waals surface area contributed by atoms with Gasteiger partial charge in [-0.05, 0) is 42.3 Å². The van der Waals surface area contributed by atoms with E-state index in [2.05, 4.69) is 10.0 Å². The minimum Gasteiger partial charge on any atom is -0.497 e. The summed E-state index contributed by atoms with van der Waals surface area (Å²) in [6.07, 6.45) is 0.962. The number of halogens is 2. The van der Waals surface area contributed by atoms with Gasteiger partial charge >= 0.3 is 0 Å². The Labute approximate surface area is 178 Å². The lowest BCUT2D eigenvalue weighted by Crippen LogP contribution is -2.44. The zero-order chi connectivity index (χ0) is 20.3. The Hall–Kier alpha value is -2.12. The van der Waals surface area contributed by atoms with Crippen LogP contribution < -0.4 is 9.64 Å². The number of methoxy groups -OCH3 is 1. The van der Waals surface area contributed by atoms with Crippen LogP contribution in [-0.4, -0.2) is 48.1 Å². The number of carbonyl (C=O) groups is 2. The molecule has 150 valence electrons. The fraction of sp³-hybridized carbons (Fsp3) is 0.333. The number of hydrogen-bond donors (Lipinski definition) is 0. The summed E-state index contributed by atoms with van der Waals surface area (Å²) in [5.41, 5.74) is 1.46. The summed E-state index contributed by atoms with van der Waals surface area (Å²) in [6.45, 7) is 1.60. The summed E-state index contributed by atoms with van der Waals surface area (Å²) >= 11 is 12.2. The fourth-order valence-electron chi connectivity index (χ4n) is 4.79. The fourth-order valence-corrected chi connectivity index (χ4v) is 5.09. The van der Waals surface area contributed by atoms with E-state index in [4.69, 9.17) is 27.9 Å². The lowest BCUT2D eigenvalue weighted by Gasteiger charge is -2.29. The van der Waals surface area contributed by atoms with Crippen LogP contribution in [0.5, 0.6) is 5.75 Å². The Balaban J connectivity index is 1.56. The minimum absolute atomic E-state index is 0.183. The predicted octanol–water partition coefficient (Wildman–Crippen LogP) is 3.54. The first-order valence-corrected chi connectivity index (χ1v) is 10.3. The maximum absolute atomic E-state index is 13.5. The summed E-state index contributed by atoms with van der Waals surface area (Å²) < 4.78 is 5.26. The smallest absolute Gasteiger partial charge is 0.253 e. The highest BCUT2D eigenvalue weighted by Gasteiger charge is 2.62. The molecule has 0 bridgehead atoms. The van der Waals surface area contributed by atoms with Crippen LogP contribution in [0.15, 0.2) is 42.5 Å². The number of nitrogens with zero attached hydrogens (tertiary/aromatic N) is 3. The average Bonchev–Trinajstić information content (AvgIpc) is 3.37. The highest BCUT2D eigenvalue weighted by atomic mass is 35.5. The topological polar surface area (TPSA) is 53.1 Å². The second-order valence-corrected chi connectivity index (χ2v) is 8.29. The molecule has 3 atom stereocenters. The first kappa shape index (κ1) is 18.9. The third-order valence-corrected chi connectivity index (χ3v) is 6.76. The van der Waals surface area contributed by atoms with Gasteiger partial charge < -0.3 is 4.74 Å². The number of carbonyl (C=O) groups excluding carboxylic acids is 2. The molecule has 8 heteroatoms. The average molecular weight is 432 g/mol. The molecule has 3 aliphatic heterocycles. The number of hydrazine groups is 1. The van der Waals surface area contributed by atoms with Gasteiger partial charge in [0.2, 0.25) is 5.91 Å². The van der Waals surface area contributed by atoms with Gasteiger partial charge in [0.25, 0.3) is 5.91 Å². The molecule has 0 N–H and O–H groups in total. The van der Waals surface area contributed by atoms with E-state index < -0.39 is 12.0 Å². The van der Waals surface area contributed by atoms with Crippen molar-refractivity contribution in [2.45, 2.75) is 18.5 Å². The monoisotopic (exact) mass is 431 g/mol. The maximum atomic E-state index is 13.5. The van der Waals surface area contributed by atoms with Gasteiger partial charge in [-0.3, -0.25) is 9.59 Å². The van der Waals surface area contributed by atoms with E-state index in [1.54, 1.807) is 25.3 Å². The molecule has 0 unspecified atom stereocenters. The standard InChI is InChI=1S/C21H19Cl2N3O3/c1-29-14-6-3-12(4-7-14)18-17-19(25-10-2-9-24(18)25)21(28)26(20(17)27)13-5-8-15(22)16(23)11-13/h3-8,11,17-19H,2,9-10H2,1H3/t17-,18-,19-/m1/s1. The molecule has 0 radical (unpaired) electrons. The molecule has 5 rings (SSSR count). The number of rotatable bonds is 3. The van der Waals surface area contributed by atoms with Crippen molar-refractivity contribution in [1.82, 2.24) is 10.0 Å². The molecule has 6 nitrogen and oxygen atoms in total. The molecule has 2 amide bonds. The van der Waals surface area contributed by atoms with Crippen molar-refractivity contribution in [1.29, 1.82) is 0 Å². The van der Waals surface area contributed by atoms with Crippen molar-refractivity contribution >= 4 is 40.7 Å². The van der Waals surface area contributed by atoms with Gasteiger partial charge in [-0.1, -0.05) is 35.3 Å². The minimum atomic E-state index is -0.494. The van der Waals surface area contributed by atoms with Crippen LogP contribution in [0.2, 0.25) is 10.0 Å². The molecule has 0 saturated carbocycles. The van der Waals surface area contributed by atoms with Crippen molar-refractivity contribution in [3.63, 3.8) is 0 Å². The molecule has 3 saturated heterocycles. The van der Waals surface area contributed by atoms with E-state index in [1.165, 1.54) is 4.90 Å². The van der Waals surface area contributed by atoms with E-state index in [-0.39, 0.29) is 17.9 Å². The van der Waals surface area contributed by atoms with Gasteiger partial charge in [0, 0.05) is 13.1 Å². The Bertz CT molecular complexity index is 997.